The molecule has 0 aliphatic heterocycles. The van der Waals surface area contributed by atoms with Crippen molar-refractivity contribution < 1.29 is 4.58 Å². The molecular weight excluding hydrogens is 362 g/mol. The van der Waals surface area contributed by atoms with Gasteiger partial charge in [-0.3, -0.25) is 0 Å². The maximum Gasteiger partial charge on any atom is 0.199 e. The molecule has 0 aromatic heterocycles. The fourth-order valence-corrected chi connectivity index (χ4v) is 3.21. The zero-order valence-corrected chi connectivity index (χ0v) is 17.5. The Morgan fingerprint density at radius 3 is 1.86 bits per heavy atom. The lowest BCUT2D eigenvalue weighted by molar-refractivity contribution is -0.462. The first-order valence-electron chi connectivity index (χ1n) is 9.10. The van der Waals surface area contributed by atoms with Crippen LogP contribution in [-0.4, -0.2) is 43.6 Å². The average Bonchev–Trinajstić information content (AvgIpc) is 2.70. The van der Waals surface area contributed by atoms with Crippen LogP contribution in [0, 0.1) is 0 Å². The van der Waals surface area contributed by atoms with Crippen molar-refractivity contribution in [1.29, 1.82) is 0 Å². The molecule has 28 heavy (non-hydrogen) atoms. The minimum atomic E-state index is 0.809. The van der Waals surface area contributed by atoms with Gasteiger partial charge in [-0.15, -0.1) is 0 Å². The summed E-state index contributed by atoms with van der Waals surface area (Å²) in [6.07, 6.45) is 8.64. The second-order valence-corrected chi connectivity index (χ2v) is 7.19. The molecule has 1 aliphatic rings. The standard InChI is InChI=1S/C24H24N3S/c1-26(2)22-13-7-19(8-14-22)24(18-5-11-21(12-6-18)25-17-28)20-9-15-23(16-10-20)27(3)4/h5-16H,1-4H3/q+1. The Morgan fingerprint density at radius 1 is 0.857 bits per heavy atom. The third-order valence-electron chi connectivity index (χ3n) is 4.68. The van der Waals surface area contributed by atoms with Gasteiger partial charge < -0.3 is 4.90 Å². The van der Waals surface area contributed by atoms with E-state index in [1.807, 2.05) is 12.1 Å². The van der Waals surface area contributed by atoms with E-state index in [1.54, 1.807) is 0 Å². The van der Waals surface area contributed by atoms with Crippen LogP contribution in [0.3, 0.4) is 0 Å². The van der Waals surface area contributed by atoms with E-state index < -0.39 is 0 Å². The highest BCUT2D eigenvalue weighted by Gasteiger charge is 2.13. The first-order chi connectivity index (χ1) is 13.5. The number of aliphatic imine (C=N–C) groups is 1. The summed E-state index contributed by atoms with van der Waals surface area (Å²) in [5.41, 5.74) is 7.84. The lowest BCUT2D eigenvalue weighted by Gasteiger charge is -2.16. The van der Waals surface area contributed by atoms with Gasteiger partial charge in [-0.2, -0.15) is 4.99 Å². The highest BCUT2D eigenvalue weighted by Crippen LogP contribution is 2.31. The largest absolute Gasteiger partial charge is 0.378 e. The molecule has 0 fully saturated rings. The molecule has 0 amide bonds. The highest BCUT2D eigenvalue weighted by atomic mass is 32.1. The number of isothiocyanates is 1. The molecule has 140 valence electrons. The topological polar surface area (TPSA) is 18.6 Å². The summed E-state index contributed by atoms with van der Waals surface area (Å²) in [7, 11) is 8.20. The Labute approximate surface area is 172 Å². The zero-order valence-electron chi connectivity index (χ0n) is 16.7. The fourth-order valence-electron chi connectivity index (χ4n) is 3.11. The third-order valence-corrected chi connectivity index (χ3v) is 4.77. The van der Waals surface area contributed by atoms with Crippen molar-refractivity contribution in [3.8, 4) is 0 Å². The van der Waals surface area contributed by atoms with Gasteiger partial charge in [0.2, 0.25) is 0 Å². The van der Waals surface area contributed by atoms with Crippen molar-refractivity contribution in [2.24, 2.45) is 4.99 Å². The molecule has 0 saturated heterocycles. The maximum absolute atomic E-state index is 4.71. The van der Waals surface area contributed by atoms with E-state index in [0.717, 1.165) is 11.3 Å². The number of hydrogen-bond donors (Lipinski definition) is 0. The van der Waals surface area contributed by atoms with E-state index in [0.29, 0.717) is 0 Å². The van der Waals surface area contributed by atoms with E-state index in [9.17, 15) is 0 Å². The van der Waals surface area contributed by atoms with Crippen LogP contribution in [0.15, 0.2) is 83.4 Å². The van der Waals surface area contributed by atoms with Crippen molar-refractivity contribution in [2.45, 2.75) is 0 Å². The summed E-state index contributed by atoms with van der Waals surface area (Å²) in [6, 6.07) is 16.7. The molecule has 0 unspecified atom stereocenters. The molecule has 0 heterocycles. The number of nitrogens with zero attached hydrogens (tertiary/aromatic N) is 3. The number of thiocarbonyl (C=S) groups is 1. The van der Waals surface area contributed by atoms with Crippen molar-refractivity contribution in [1.82, 2.24) is 0 Å². The molecular formula is C24H24N3S+. The van der Waals surface area contributed by atoms with Crippen molar-refractivity contribution >= 4 is 40.0 Å². The quantitative estimate of drug-likeness (QED) is 0.412. The number of rotatable bonds is 4. The summed E-state index contributed by atoms with van der Waals surface area (Å²) >= 11 is 4.71. The van der Waals surface area contributed by atoms with Crippen LogP contribution in [0.1, 0.15) is 11.1 Å². The molecule has 0 atom stereocenters. The van der Waals surface area contributed by atoms with Crippen LogP contribution >= 0.6 is 12.2 Å². The number of anilines is 1. The van der Waals surface area contributed by atoms with Crippen molar-refractivity contribution in [3.05, 3.63) is 89.5 Å². The van der Waals surface area contributed by atoms with Gasteiger partial charge in [0.25, 0.3) is 0 Å². The van der Waals surface area contributed by atoms with Gasteiger partial charge in [-0.05, 0) is 70.9 Å². The summed E-state index contributed by atoms with van der Waals surface area (Å²) in [4.78, 5) is 6.16. The normalized spacial score (nSPS) is 12.6. The van der Waals surface area contributed by atoms with Crippen LogP contribution in [-0.2, 0) is 0 Å². The van der Waals surface area contributed by atoms with Gasteiger partial charge in [-0.25, -0.2) is 4.58 Å². The van der Waals surface area contributed by atoms with Crippen molar-refractivity contribution in [2.75, 3.05) is 33.1 Å². The molecule has 0 saturated carbocycles. The van der Waals surface area contributed by atoms with Gasteiger partial charge >= 0.3 is 0 Å². The summed E-state index contributed by atoms with van der Waals surface area (Å²) in [5, 5.41) is 2.42. The van der Waals surface area contributed by atoms with Gasteiger partial charge in [0.05, 0.1) is 10.8 Å². The van der Waals surface area contributed by atoms with E-state index >= 15 is 0 Å². The SMILES string of the molecule is CN(C)c1ccc(C(=C2C=CC(=[N+](C)C)C=C2)c2ccc(N=C=S)cc2)cc1. The highest BCUT2D eigenvalue weighted by molar-refractivity contribution is 7.78. The molecule has 0 spiro atoms. The van der Waals surface area contributed by atoms with Crippen LogP contribution in [0.2, 0.25) is 0 Å². The average molecular weight is 387 g/mol. The molecule has 2 aromatic rings. The summed E-state index contributed by atoms with van der Waals surface area (Å²) in [6.45, 7) is 0. The smallest absolute Gasteiger partial charge is 0.199 e. The summed E-state index contributed by atoms with van der Waals surface area (Å²) < 4.78 is 2.10. The lowest BCUT2D eigenvalue weighted by Crippen LogP contribution is -2.10. The van der Waals surface area contributed by atoms with Gasteiger partial charge in [0, 0.05) is 31.9 Å². The Hall–Kier alpha value is -3.07. The lowest BCUT2D eigenvalue weighted by atomic mass is 9.90. The number of benzene rings is 2. The maximum atomic E-state index is 4.71. The second kappa shape index (κ2) is 8.75. The predicted octanol–water partition coefficient (Wildman–Crippen LogP) is 5.13. The monoisotopic (exact) mass is 386 g/mol. The molecule has 2 aromatic carbocycles. The Bertz CT molecular complexity index is 1010. The van der Waals surface area contributed by atoms with Gasteiger partial charge in [0.15, 0.2) is 5.71 Å². The van der Waals surface area contributed by atoms with E-state index in [2.05, 4.69) is 109 Å². The Morgan fingerprint density at radius 2 is 1.39 bits per heavy atom. The number of hydrogen-bond acceptors (Lipinski definition) is 3. The molecule has 3 rings (SSSR count). The molecule has 3 nitrogen and oxygen atoms in total. The molecule has 4 heteroatoms. The summed E-state index contributed by atoms with van der Waals surface area (Å²) in [5.74, 6) is 0. The van der Waals surface area contributed by atoms with Crippen LogP contribution in [0.4, 0.5) is 11.4 Å². The first-order valence-corrected chi connectivity index (χ1v) is 9.51. The molecule has 1 aliphatic carbocycles. The van der Waals surface area contributed by atoms with Crippen LogP contribution in [0.5, 0.6) is 0 Å². The van der Waals surface area contributed by atoms with E-state index in [4.69, 9.17) is 12.2 Å². The van der Waals surface area contributed by atoms with E-state index in [1.165, 1.54) is 28.1 Å². The van der Waals surface area contributed by atoms with Crippen LogP contribution < -0.4 is 4.90 Å². The third kappa shape index (κ3) is 4.42. The van der Waals surface area contributed by atoms with E-state index in [-0.39, 0.29) is 0 Å². The Balaban J connectivity index is 2.13. The predicted molar refractivity (Wildman–Crippen MR) is 123 cm³/mol. The first kappa shape index (κ1) is 19.7. The molecule has 0 bridgehead atoms. The zero-order chi connectivity index (χ0) is 20.1. The fraction of sp³-hybridized carbons (Fsp3) is 0.167. The Kier molecular flexibility index (Phi) is 6.15. The molecule has 0 N–H and O–H groups in total. The van der Waals surface area contributed by atoms with Crippen LogP contribution in [0.25, 0.3) is 5.57 Å². The minimum absolute atomic E-state index is 0.809. The van der Waals surface area contributed by atoms with Gasteiger partial charge in [0.1, 0.15) is 14.1 Å². The second-order valence-electron chi connectivity index (χ2n) is 7.01. The molecule has 0 radical (unpaired) electrons. The van der Waals surface area contributed by atoms with Gasteiger partial charge in [-0.1, -0.05) is 24.3 Å². The van der Waals surface area contributed by atoms with Crippen molar-refractivity contribution in [3.63, 3.8) is 0 Å². The number of allylic oxidation sites excluding steroid dienone is 5. The minimum Gasteiger partial charge on any atom is -0.378 e.